The van der Waals surface area contributed by atoms with Gasteiger partial charge in [-0.1, -0.05) is 0 Å². The second-order valence-corrected chi connectivity index (χ2v) is 2.88. The summed E-state index contributed by atoms with van der Waals surface area (Å²) in [6, 6.07) is -0.443. The average molecular weight is 153 g/mol. The van der Waals surface area contributed by atoms with Crippen LogP contribution in [-0.4, -0.2) is 30.4 Å². The third-order valence-electron chi connectivity index (χ3n) is 1.60. The second-order valence-electron chi connectivity index (χ2n) is 2.88. The predicted octanol–water partition coefficient (Wildman–Crippen LogP) is -0.226. The smallest absolute Gasteiger partial charge is 0.136 e. The summed E-state index contributed by atoms with van der Waals surface area (Å²) in [4.78, 5) is 18.1. The fraction of sp³-hybridized carbons (Fsp3) is 0.571. The van der Waals surface area contributed by atoms with Gasteiger partial charge in [-0.25, -0.2) is 4.99 Å². The van der Waals surface area contributed by atoms with Crippen molar-refractivity contribution in [1.29, 1.82) is 0 Å². The van der Waals surface area contributed by atoms with Crippen LogP contribution in [0.25, 0.3) is 0 Å². The van der Waals surface area contributed by atoms with Gasteiger partial charge in [-0.15, -0.1) is 0 Å². The predicted molar refractivity (Wildman–Crippen MR) is 44.0 cm³/mol. The number of carbonyl (C=O) groups is 1. The third kappa shape index (κ3) is 1.94. The van der Waals surface area contributed by atoms with E-state index in [1.807, 2.05) is 6.92 Å². The second kappa shape index (κ2) is 2.92. The maximum absolute atomic E-state index is 10.2. The van der Waals surface area contributed by atoms with E-state index in [-0.39, 0.29) is 5.54 Å². The Kier molecular flexibility index (Phi) is 2.14. The lowest BCUT2D eigenvalue weighted by Crippen LogP contribution is -2.34. The first-order valence-corrected chi connectivity index (χ1v) is 3.45. The normalized spacial score (nSPS) is 30.7. The molecule has 0 aliphatic carbocycles. The topological polar surface area (TPSA) is 67.8 Å². The Morgan fingerprint density at radius 2 is 2.55 bits per heavy atom. The van der Waals surface area contributed by atoms with Crippen LogP contribution in [0.1, 0.15) is 13.3 Å². The van der Waals surface area contributed by atoms with E-state index in [4.69, 9.17) is 5.73 Å². The molecule has 4 nitrogen and oxygen atoms in total. The average Bonchev–Trinajstić information content (AvgIpc) is 2.36. The number of nitrogens with zero attached hydrogens (tertiary/aromatic N) is 2. The van der Waals surface area contributed by atoms with Crippen molar-refractivity contribution in [3.8, 4) is 0 Å². The molecule has 0 aromatic carbocycles. The van der Waals surface area contributed by atoms with Gasteiger partial charge in [0.15, 0.2) is 0 Å². The lowest BCUT2D eigenvalue weighted by molar-refractivity contribution is -0.109. The molecule has 0 saturated carbocycles. The minimum Gasteiger partial charge on any atom is -0.322 e. The van der Waals surface area contributed by atoms with Crippen molar-refractivity contribution in [2.75, 3.05) is 0 Å². The van der Waals surface area contributed by atoms with E-state index in [1.165, 1.54) is 6.34 Å². The van der Waals surface area contributed by atoms with Gasteiger partial charge in [0.05, 0.1) is 11.6 Å². The maximum Gasteiger partial charge on any atom is 0.136 e. The molecule has 0 bridgehead atoms. The molecule has 1 aliphatic rings. The SMILES string of the molecule is CC1(C[C@H](N)C=O)C=NC=N1. The molecule has 2 atom stereocenters. The molecule has 0 aromatic rings. The van der Waals surface area contributed by atoms with Crippen molar-refractivity contribution in [1.82, 2.24) is 0 Å². The van der Waals surface area contributed by atoms with Crippen LogP contribution >= 0.6 is 0 Å². The van der Waals surface area contributed by atoms with Gasteiger partial charge in [0.1, 0.15) is 12.6 Å². The first-order chi connectivity index (χ1) is 5.16. The molecule has 0 saturated heterocycles. The number of hydrogen-bond donors (Lipinski definition) is 1. The fourth-order valence-electron chi connectivity index (χ4n) is 1.02. The number of hydrogen-bond acceptors (Lipinski definition) is 4. The van der Waals surface area contributed by atoms with Crippen molar-refractivity contribution in [2.45, 2.75) is 24.9 Å². The molecule has 2 N–H and O–H groups in total. The van der Waals surface area contributed by atoms with E-state index < -0.39 is 6.04 Å². The van der Waals surface area contributed by atoms with E-state index >= 15 is 0 Å². The molecule has 1 heterocycles. The maximum atomic E-state index is 10.2. The molecule has 0 radical (unpaired) electrons. The molecule has 0 fully saturated rings. The molecule has 4 heteroatoms. The van der Waals surface area contributed by atoms with Gasteiger partial charge in [0, 0.05) is 6.21 Å². The zero-order chi connectivity index (χ0) is 8.32. The highest BCUT2D eigenvalue weighted by Crippen LogP contribution is 2.16. The van der Waals surface area contributed by atoms with Crippen LogP contribution in [0.2, 0.25) is 0 Å². The van der Waals surface area contributed by atoms with Gasteiger partial charge in [-0.2, -0.15) is 0 Å². The molecule has 0 spiro atoms. The van der Waals surface area contributed by atoms with Gasteiger partial charge in [0.2, 0.25) is 0 Å². The lowest BCUT2D eigenvalue weighted by atomic mass is 9.97. The molecule has 0 amide bonds. The molecule has 60 valence electrons. The number of aliphatic imine (C=N–C) groups is 2. The molecule has 1 unspecified atom stereocenters. The summed E-state index contributed by atoms with van der Waals surface area (Å²) in [5.41, 5.74) is 5.07. The van der Waals surface area contributed by atoms with E-state index in [0.29, 0.717) is 6.42 Å². The summed E-state index contributed by atoms with van der Waals surface area (Å²) < 4.78 is 0. The van der Waals surface area contributed by atoms with Crippen LogP contribution in [0.5, 0.6) is 0 Å². The number of aldehydes is 1. The molecular weight excluding hydrogens is 142 g/mol. The Morgan fingerprint density at radius 3 is 3.00 bits per heavy atom. The Labute approximate surface area is 65.2 Å². The van der Waals surface area contributed by atoms with E-state index in [0.717, 1.165) is 6.29 Å². The number of nitrogens with two attached hydrogens (primary N) is 1. The Hall–Kier alpha value is -1.03. The van der Waals surface area contributed by atoms with E-state index in [1.54, 1.807) is 6.21 Å². The van der Waals surface area contributed by atoms with Crippen LogP contribution in [-0.2, 0) is 4.79 Å². The standard InChI is InChI=1S/C7H11N3O/c1-7(2-6(8)3-11)4-9-5-10-7/h3-6H,2,8H2,1H3/t6-,7?/m0/s1. The Bertz CT molecular complexity index is 198. The van der Waals surface area contributed by atoms with Crippen molar-refractivity contribution in [3.63, 3.8) is 0 Å². The largest absolute Gasteiger partial charge is 0.322 e. The van der Waals surface area contributed by atoms with E-state index in [2.05, 4.69) is 9.98 Å². The Morgan fingerprint density at radius 1 is 1.82 bits per heavy atom. The minimum atomic E-state index is -0.443. The highest BCUT2D eigenvalue weighted by Gasteiger charge is 2.25. The monoisotopic (exact) mass is 153 g/mol. The van der Waals surface area contributed by atoms with Gasteiger partial charge in [0.25, 0.3) is 0 Å². The quantitative estimate of drug-likeness (QED) is 0.569. The summed E-state index contributed by atoms with van der Waals surface area (Å²) in [6.07, 6.45) is 4.44. The fourth-order valence-corrected chi connectivity index (χ4v) is 1.02. The van der Waals surface area contributed by atoms with Crippen LogP contribution in [0.15, 0.2) is 9.98 Å². The van der Waals surface area contributed by atoms with E-state index in [9.17, 15) is 4.79 Å². The van der Waals surface area contributed by atoms with Crippen molar-refractivity contribution in [2.24, 2.45) is 15.7 Å². The third-order valence-corrected chi connectivity index (χ3v) is 1.60. The lowest BCUT2D eigenvalue weighted by Gasteiger charge is -2.17. The summed E-state index contributed by atoms with van der Waals surface area (Å²) >= 11 is 0. The molecule has 1 rings (SSSR count). The van der Waals surface area contributed by atoms with Crippen molar-refractivity contribution in [3.05, 3.63) is 0 Å². The molecule has 1 aliphatic heterocycles. The number of rotatable bonds is 3. The Balaban J connectivity index is 2.54. The molecule has 0 aromatic heterocycles. The summed E-state index contributed by atoms with van der Waals surface area (Å²) in [5.74, 6) is 0. The number of carbonyl (C=O) groups excluding carboxylic acids is 1. The minimum absolute atomic E-state index is 0.361. The summed E-state index contributed by atoms with van der Waals surface area (Å²) in [5, 5.41) is 0. The van der Waals surface area contributed by atoms with Gasteiger partial charge in [-0.3, -0.25) is 4.99 Å². The van der Waals surface area contributed by atoms with Crippen molar-refractivity contribution < 1.29 is 4.79 Å². The highest BCUT2D eigenvalue weighted by atomic mass is 16.1. The van der Waals surface area contributed by atoms with Crippen LogP contribution in [0.3, 0.4) is 0 Å². The van der Waals surface area contributed by atoms with Crippen LogP contribution in [0.4, 0.5) is 0 Å². The zero-order valence-corrected chi connectivity index (χ0v) is 6.40. The van der Waals surface area contributed by atoms with Gasteiger partial charge < -0.3 is 10.5 Å². The zero-order valence-electron chi connectivity index (χ0n) is 6.40. The van der Waals surface area contributed by atoms with Gasteiger partial charge >= 0.3 is 0 Å². The highest BCUT2D eigenvalue weighted by molar-refractivity contribution is 5.86. The summed E-state index contributed by atoms with van der Waals surface area (Å²) in [6.45, 7) is 1.89. The molecule has 11 heavy (non-hydrogen) atoms. The first kappa shape index (κ1) is 8.07. The summed E-state index contributed by atoms with van der Waals surface area (Å²) in [7, 11) is 0. The molecular formula is C7H11N3O. The van der Waals surface area contributed by atoms with Gasteiger partial charge in [-0.05, 0) is 13.3 Å². The van der Waals surface area contributed by atoms with Crippen molar-refractivity contribution >= 4 is 18.8 Å². The van der Waals surface area contributed by atoms with Crippen LogP contribution < -0.4 is 5.73 Å². The van der Waals surface area contributed by atoms with Crippen LogP contribution in [0, 0.1) is 0 Å². The first-order valence-electron chi connectivity index (χ1n) is 3.45.